The average Bonchev–Trinajstić information content (AvgIpc) is 3.11. The Morgan fingerprint density at radius 3 is 2.44 bits per heavy atom. The first-order chi connectivity index (χ1) is 12.9. The molecule has 0 aliphatic heterocycles. The number of pyridine rings is 1. The van der Waals surface area contributed by atoms with Crippen molar-refractivity contribution in [2.45, 2.75) is 51.7 Å². The summed E-state index contributed by atoms with van der Waals surface area (Å²) in [6, 6.07) is 7.27. The number of rotatable bonds is 6. The molecule has 0 radical (unpaired) electrons. The van der Waals surface area contributed by atoms with Gasteiger partial charge in [0.15, 0.2) is 0 Å². The molecule has 142 valence electrons. The molecule has 27 heavy (non-hydrogen) atoms. The van der Waals surface area contributed by atoms with Crippen molar-refractivity contribution in [3.8, 4) is 5.75 Å². The molecule has 1 amide bonds. The summed E-state index contributed by atoms with van der Waals surface area (Å²) >= 11 is 0. The van der Waals surface area contributed by atoms with E-state index in [2.05, 4.69) is 10.3 Å². The lowest BCUT2D eigenvalue weighted by Crippen LogP contribution is -2.52. The van der Waals surface area contributed by atoms with E-state index < -0.39 is 11.5 Å². The van der Waals surface area contributed by atoms with Crippen molar-refractivity contribution in [1.29, 1.82) is 0 Å². The van der Waals surface area contributed by atoms with Gasteiger partial charge in [0.2, 0.25) is 0 Å². The van der Waals surface area contributed by atoms with Gasteiger partial charge in [0.05, 0.1) is 0 Å². The summed E-state index contributed by atoms with van der Waals surface area (Å²) in [4.78, 5) is 28.4. The molecule has 6 heteroatoms. The number of hydrogen-bond acceptors (Lipinski definition) is 4. The van der Waals surface area contributed by atoms with Crippen LogP contribution in [0.2, 0.25) is 0 Å². The average molecular weight is 368 g/mol. The molecule has 1 aliphatic rings. The minimum atomic E-state index is -1.14. The number of nitrogens with one attached hydrogen (secondary N) is 1. The van der Waals surface area contributed by atoms with Gasteiger partial charge in [0, 0.05) is 23.5 Å². The predicted molar refractivity (Wildman–Crippen MR) is 101 cm³/mol. The van der Waals surface area contributed by atoms with Gasteiger partial charge in [-0.15, -0.1) is 0 Å². The van der Waals surface area contributed by atoms with Crippen molar-refractivity contribution in [2.75, 3.05) is 0 Å². The summed E-state index contributed by atoms with van der Waals surface area (Å²) in [5.41, 5.74) is 1.93. The SMILES string of the molecule is Cc1cc(C(=O)NC2(C(=O)O)CCCC2)cc(C)c1OCc1cccnc1. The highest BCUT2D eigenvalue weighted by atomic mass is 16.5. The normalized spacial score (nSPS) is 15.3. The number of carboxylic acids is 1. The predicted octanol–water partition coefficient (Wildman–Crippen LogP) is 3.40. The van der Waals surface area contributed by atoms with Gasteiger partial charge < -0.3 is 15.2 Å². The first kappa shape index (κ1) is 18.9. The molecule has 1 aromatic heterocycles. The number of carbonyl (C=O) groups excluding carboxylic acids is 1. The van der Waals surface area contributed by atoms with Crippen molar-refractivity contribution < 1.29 is 19.4 Å². The first-order valence-electron chi connectivity index (χ1n) is 9.10. The molecule has 2 aromatic rings. The van der Waals surface area contributed by atoms with E-state index in [-0.39, 0.29) is 5.91 Å². The molecule has 1 aliphatic carbocycles. The Morgan fingerprint density at radius 1 is 1.22 bits per heavy atom. The maximum Gasteiger partial charge on any atom is 0.329 e. The minimum absolute atomic E-state index is 0.357. The number of aryl methyl sites for hydroxylation is 2. The molecule has 1 saturated carbocycles. The number of amides is 1. The fraction of sp³-hybridized carbons (Fsp3) is 0.381. The number of hydrogen-bond donors (Lipinski definition) is 2. The Morgan fingerprint density at radius 2 is 1.89 bits per heavy atom. The largest absolute Gasteiger partial charge is 0.488 e. The number of carboxylic acid groups (broad SMARTS) is 1. The van der Waals surface area contributed by atoms with Crippen molar-refractivity contribution in [2.24, 2.45) is 0 Å². The number of aliphatic carboxylic acids is 1. The van der Waals surface area contributed by atoms with E-state index in [0.29, 0.717) is 25.0 Å². The molecule has 3 rings (SSSR count). The monoisotopic (exact) mass is 368 g/mol. The first-order valence-corrected chi connectivity index (χ1v) is 9.10. The molecular weight excluding hydrogens is 344 g/mol. The minimum Gasteiger partial charge on any atom is -0.488 e. The van der Waals surface area contributed by atoms with Crippen LogP contribution >= 0.6 is 0 Å². The second kappa shape index (κ2) is 7.78. The molecule has 1 aromatic carbocycles. The Hall–Kier alpha value is -2.89. The van der Waals surface area contributed by atoms with Gasteiger partial charge in [-0.2, -0.15) is 0 Å². The molecule has 0 saturated heterocycles. The van der Waals surface area contributed by atoms with Crippen LogP contribution < -0.4 is 10.1 Å². The third-order valence-electron chi connectivity index (χ3n) is 5.05. The van der Waals surface area contributed by atoms with Gasteiger partial charge in [0.1, 0.15) is 17.9 Å². The molecule has 0 spiro atoms. The summed E-state index contributed by atoms with van der Waals surface area (Å²) in [6.07, 6.45) is 6.02. The van der Waals surface area contributed by atoms with Gasteiger partial charge in [-0.05, 0) is 56.0 Å². The van der Waals surface area contributed by atoms with E-state index in [0.717, 1.165) is 35.3 Å². The molecule has 0 atom stereocenters. The molecular formula is C21H24N2O4. The number of nitrogens with zero attached hydrogens (tertiary/aromatic N) is 1. The van der Waals surface area contributed by atoms with Gasteiger partial charge in [-0.1, -0.05) is 18.9 Å². The van der Waals surface area contributed by atoms with Crippen LogP contribution in [0.3, 0.4) is 0 Å². The lowest BCUT2D eigenvalue weighted by atomic mass is 9.96. The lowest BCUT2D eigenvalue weighted by molar-refractivity contribution is -0.144. The maximum absolute atomic E-state index is 12.7. The Kier molecular flexibility index (Phi) is 5.44. The second-order valence-electron chi connectivity index (χ2n) is 7.14. The topological polar surface area (TPSA) is 88.5 Å². The van der Waals surface area contributed by atoms with Crippen LogP contribution in [0.5, 0.6) is 5.75 Å². The van der Waals surface area contributed by atoms with E-state index >= 15 is 0 Å². The van der Waals surface area contributed by atoms with E-state index in [9.17, 15) is 14.7 Å². The number of ether oxygens (including phenoxy) is 1. The van der Waals surface area contributed by atoms with E-state index in [1.807, 2.05) is 26.0 Å². The van der Waals surface area contributed by atoms with E-state index in [1.54, 1.807) is 24.5 Å². The van der Waals surface area contributed by atoms with Crippen molar-refractivity contribution in [3.05, 3.63) is 58.9 Å². The molecule has 1 heterocycles. The highest BCUT2D eigenvalue weighted by molar-refractivity contribution is 5.98. The third kappa shape index (κ3) is 4.10. The highest BCUT2D eigenvalue weighted by Crippen LogP contribution is 2.31. The maximum atomic E-state index is 12.7. The van der Waals surface area contributed by atoms with Crippen LogP contribution in [0.4, 0.5) is 0 Å². The van der Waals surface area contributed by atoms with Crippen LogP contribution in [0.1, 0.15) is 52.7 Å². The summed E-state index contributed by atoms with van der Waals surface area (Å²) in [5, 5.41) is 12.3. The summed E-state index contributed by atoms with van der Waals surface area (Å²) in [5.74, 6) is -0.591. The van der Waals surface area contributed by atoms with Gasteiger partial charge in [0.25, 0.3) is 5.91 Å². The zero-order valence-corrected chi connectivity index (χ0v) is 15.6. The van der Waals surface area contributed by atoms with Crippen LogP contribution in [-0.4, -0.2) is 27.5 Å². The zero-order chi connectivity index (χ0) is 19.4. The Balaban J connectivity index is 1.75. The Labute approximate surface area is 158 Å². The third-order valence-corrected chi connectivity index (χ3v) is 5.05. The van der Waals surface area contributed by atoms with Gasteiger partial charge in [-0.3, -0.25) is 9.78 Å². The van der Waals surface area contributed by atoms with Crippen molar-refractivity contribution in [1.82, 2.24) is 10.3 Å². The van der Waals surface area contributed by atoms with E-state index in [1.165, 1.54) is 0 Å². The molecule has 2 N–H and O–H groups in total. The summed E-state index contributed by atoms with van der Waals surface area (Å²) < 4.78 is 5.91. The number of benzene rings is 1. The standard InChI is InChI=1S/C21H24N2O4/c1-14-10-17(19(24)23-21(20(25)26)7-3-4-8-21)11-15(2)18(14)27-13-16-6-5-9-22-12-16/h5-6,9-12H,3-4,7-8,13H2,1-2H3,(H,23,24)(H,25,26). The quantitative estimate of drug-likeness (QED) is 0.816. The lowest BCUT2D eigenvalue weighted by Gasteiger charge is -2.25. The van der Waals surface area contributed by atoms with Crippen LogP contribution in [0, 0.1) is 13.8 Å². The number of aromatic nitrogens is 1. The second-order valence-corrected chi connectivity index (χ2v) is 7.14. The molecule has 0 unspecified atom stereocenters. The van der Waals surface area contributed by atoms with Crippen LogP contribution in [0.15, 0.2) is 36.7 Å². The molecule has 6 nitrogen and oxygen atoms in total. The summed E-state index contributed by atoms with van der Waals surface area (Å²) in [6.45, 7) is 4.15. The fourth-order valence-electron chi connectivity index (χ4n) is 3.61. The fourth-order valence-corrected chi connectivity index (χ4v) is 3.61. The van der Waals surface area contributed by atoms with Crippen molar-refractivity contribution >= 4 is 11.9 Å². The number of carbonyl (C=O) groups is 2. The highest BCUT2D eigenvalue weighted by Gasteiger charge is 2.42. The summed E-state index contributed by atoms with van der Waals surface area (Å²) in [7, 11) is 0. The van der Waals surface area contributed by atoms with Gasteiger partial charge >= 0.3 is 5.97 Å². The smallest absolute Gasteiger partial charge is 0.329 e. The van der Waals surface area contributed by atoms with Crippen LogP contribution in [0.25, 0.3) is 0 Å². The van der Waals surface area contributed by atoms with Crippen molar-refractivity contribution in [3.63, 3.8) is 0 Å². The van der Waals surface area contributed by atoms with E-state index in [4.69, 9.17) is 4.74 Å². The molecule has 0 bridgehead atoms. The Bertz CT molecular complexity index is 820. The van der Waals surface area contributed by atoms with Crippen LogP contribution in [-0.2, 0) is 11.4 Å². The zero-order valence-electron chi connectivity index (χ0n) is 15.6. The van der Waals surface area contributed by atoms with Gasteiger partial charge in [-0.25, -0.2) is 4.79 Å². The molecule has 1 fully saturated rings.